The van der Waals surface area contributed by atoms with Crippen molar-refractivity contribution in [2.24, 2.45) is 11.3 Å². The predicted molar refractivity (Wildman–Crippen MR) is 67.4 cm³/mol. The van der Waals surface area contributed by atoms with Gasteiger partial charge in [-0.1, -0.05) is 38.5 Å². The third-order valence-electron chi connectivity index (χ3n) is 4.91. The maximum Gasteiger partial charge on any atom is 0.0228 e. The maximum atomic E-state index is 6.04. The predicted octanol–water partition coefficient (Wildman–Crippen LogP) is 5.15. The highest BCUT2D eigenvalue weighted by Crippen LogP contribution is 2.50. The third-order valence-corrected chi connectivity index (χ3v) is 5.10. The highest BCUT2D eigenvalue weighted by Gasteiger charge is 2.39. The summed E-state index contributed by atoms with van der Waals surface area (Å²) in [5, 5.41) is 0. The lowest BCUT2D eigenvalue weighted by Crippen LogP contribution is -2.34. The van der Waals surface area contributed by atoms with Crippen LogP contribution in [0.1, 0.15) is 70.6 Å². The molecule has 2 rings (SSSR count). The second kappa shape index (κ2) is 5.57. The van der Waals surface area contributed by atoms with E-state index in [1.54, 1.807) is 0 Å². The zero-order chi connectivity index (χ0) is 10.6. The molecule has 0 amide bonds. The minimum Gasteiger partial charge on any atom is -0.127 e. The molecule has 2 aliphatic rings. The Morgan fingerprint density at radius 3 is 2.07 bits per heavy atom. The van der Waals surface area contributed by atoms with Gasteiger partial charge in [-0.05, 0) is 43.4 Å². The van der Waals surface area contributed by atoms with E-state index in [9.17, 15) is 0 Å². The van der Waals surface area contributed by atoms with Gasteiger partial charge in [0.15, 0.2) is 0 Å². The van der Waals surface area contributed by atoms with Crippen molar-refractivity contribution < 1.29 is 0 Å². The summed E-state index contributed by atoms with van der Waals surface area (Å²) >= 11 is 6.04. The van der Waals surface area contributed by atoms with Crippen molar-refractivity contribution in [3.63, 3.8) is 0 Å². The van der Waals surface area contributed by atoms with Crippen LogP contribution in [0.2, 0.25) is 0 Å². The molecule has 0 aromatic rings. The van der Waals surface area contributed by atoms with Crippen molar-refractivity contribution in [1.29, 1.82) is 0 Å². The molecular weight excluding hydrogens is 204 g/mol. The van der Waals surface area contributed by atoms with E-state index in [0.29, 0.717) is 5.41 Å². The van der Waals surface area contributed by atoms with Gasteiger partial charge in [0.2, 0.25) is 0 Å². The van der Waals surface area contributed by atoms with Gasteiger partial charge in [0.25, 0.3) is 0 Å². The van der Waals surface area contributed by atoms with E-state index in [-0.39, 0.29) is 0 Å². The normalized spacial score (nSPS) is 27.8. The van der Waals surface area contributed by atoms with Gasteiger partial charge in [-0.2, -0.15) is 0 Å². The molecular formula is C14H25Cl. The number of rotatable bonds is 3. The number of alkyl halides is 1. The molecule has 0 spiro atoms. The summed E-state index contributed by atoms with van der Waals surface area (Å²) in [6.45, 7) is 0. The molecule has 0 radical (unpaired) electrons. The van der Waals surface area contributed by atoms with Crippen LogP contribution in [-0.4, -0.2) is 5.88 Å². The number of hydrogen-bond acceptors (Lipinski definition) is 0. The lowest BCUT2D eigenvalue weighted by molar-refractivity contribution is 0.0637. The number of hydrogen-bond donors (Lipinski definition) is 0. The highest BCUT2D eigenvalue weighted by atomic mass is 35.5. The zero-order valence-corrected chi connectivity index (χ0v) is 10.7. The SMILES string of the molecule is ClCCC1(C2CCCCC2)CCCCC1. The lowest BCUT2D eigenvalue weighted by atomic mass is 9.60. The van der Waals surface area contributed by atoms with Gasteiger partial charge in [0, 0.05) is 5.88 Å². The van der Waals surface area contributed by atoms with Crippen LogP contribution in [0, 0.1) is 11.3 Å². The fraction of sp³-hybridized carbons (Fsp3) is 1.00. The summed E-state index contributed by atoms with van der Waals surface area (Å²) in [6.07, 6.45) is 16.1. The Labute approximate surface area is 99.8 Å². The molecule has 2 fully saturated rings. The molecule has 0 N–H and O–H groups in total. The molecule has 2 saturated carbocycles. The van der Waals surface area contributed by atoms with E-state index in [0.717, 1.165) is 11.8 Å². The molecule has 0 aliphatic heterocycles. The summed E-state index contributed by atoms with van der Waals surface area (Å²) in [5.74, 6) is 1.90. The van der Waals surface area contributed by atoms with Crippen molar-refractivity contribution in [3.8, 4) is 0 Å². The molecule has 0 nitrogen and oxygen atoms in total. The van der Waals surface area contributed by atoms with Gasteiger partial charge >= 0.3 is 0 Å². The number of halogens is 1. The van der Waals surface area contributed by atoms with Crippen molar-refractivity contribution >= 4 is 11.6 Å². The van der Waals surface area contributed by atoms with E-state index in [1.165, 1.54) is 70.6 Å². The van der Waals surface area contributed by atoms with Crippen LogP contribution >= 0.6 is 11.6 Å². The molecule has 0 aromatic heterocycles. The highest BCUT2D eigenvalue weighted by molar-refractivity contribution is 6.17. The monoisotopic (exact) mass is 228 g/mol. The van der Waals surface area contributed by atoms with Gasteiger partial charge in [-0.3, -0.25) is 0 Å². The average molecular weight is 229 g/mol. The Kier molecular flexibility index (Phi) is 4.37. The molecule has 0 unspecified atom stereocenters. The van der Waals surface area contributed by atoms with E-state index in [2.05, 4.69) is 0 Å². The van der Waals surface area contributed by atoms with Gasteiger partial charge < -0.3 is 0 Å². The molecule has 2 aliphatic carbocycles. The van der Waals surface area contributed by atoms with Crippen molar-refractivity contribution in [1.82, 2.24) is 0 Å². The van der Waals surface area contributed by atoms with Crippen molar-refractivity contribution in [3.05, 3.63) is 0 Å². The molecule has 88 valence electrons. The Hall–Kier alpha value is 0.290. The van der Waals surface area contributed by atoms with Crippen LogP contribution in [0.25, 0.3) is 0 Å². The molecule has 0 atom stereocenters. The largest absolute Gasteiger partial charge is 0.127 e. The Morgan fingerprint density at radius 2 is 1.47 bits per heavy atom. The van der Waals surface area contributed by atoms with Crippen molar-refractivity contribution in [2.45, 2.75) is 70.6 Å². The van der Waals surface area contributed by atoms with Crippen LogP contribution in [0.15, 0.2) is 0 Å². The summed E-state index contributed by atoms with van der Waals surface area (Å²) in [5.41, 5.74) is 0.667. The molecule has 0 heterocycles. The minimum absolute atomic E-state index is 0.667. The van der Waals surface area contributed by atoms with Crippen LogP contribution in [0.4, 0.5) is 0 Å². The van der Waals surface area contributed by atoms with Crippen molar-refractivity contribution in [2.75, 3.05) is 5.88 Å². The van der Waals surface area contributed by atoms with Gasteiger partial charge in [-0.15, -0.1) is 11.6 Å². The smallest absolute Gasteiger partial charge is 0.0228 e. The van der Waals surface area contributed by atoms with Gasteiger partial charge in [-0.25, -0.2) is 0 Å². The van der Waals surface area contributed by atoms with E-state index < -0.39 is 0 Å². The molecule has 1 heteroatoms. The van der Waals surface area contributed by atoms with E-state index in [1.807, 2.05) is 0 Å². The summed E-state index contributed by atoms with van der Waals surface area (Å²) < 4.78 is 0. The van der Waals surface area contributed by atoms with Crippen LogP contribution in [-0.2, 0) is 0 Å². The second-order valence-electron chi connectivity index (χ2n) is 5.70. The first-order chi connectivity index (χ1) is 7.37. The Bertz CT molecular complexity index is 170. The van der Waals surface area contributed by atoms with Crippen LogP contribution in [0.3, 0.4) is 0 Å². The van der Waals surface area contributed by atoms with Crippen LogP contribution in [0.5, 0.6) is 0 Å². The van der Waals surface area contributed by atoms with Gasteiger partial charge in [0.05, 0.1) is 0 Å². The average Bonchev–Trinajstić information content (AvgIpc) is 2.32. The first-order valence-corrected chi connectivity index (χ1v) is 7.47. The summed E-state index contributed by atoms with van der Waals surface area (Å²) in [7, 11) is 0. The zero-order valence-electron chi connectivity index (χ0n) is 9.94. The lowest BCUT2D eigenvalue weighted by Gasteiger charge is -2.45. The van der Waals surface area contributed by atoms with E-state index in [4.69, 9.17) is 11.6 Å². The van der Waals surface area contributed by atoms with Crippen LogP contribution < -0.4 is 0 Å². The fourth-order valence-electron chi connectivity index (χ4n) is 4.02. The van der Waals surface area contributed by atoms with Gasteiger partial charge in [0.1, 0.15) is 0 Å². The first-order valence-electron chi connectivity index (χ1n) is 6.93. The molecule has 0 aromatic carbocycles. The summed E-state index contributed by atoms with van der Waals surface area (Å²) in [6, 6.07) is 0. The fourth-order valence-corrected chi connectivity index (χ4v) is 4.40. The standard InChI is InChI=1S/C14H25Cl/c15-12-11-14(9-5-2-6-10-14)13-7-3-1-4-8-13/h13H,1-12H2. The molecule has 0 saturated heterocycles. The maximum absolute atomic E-state index is 6.04. The second-order valence-corrected chi connectivity index (χ2v) is 6.07. The first kappa shape index (κ1) is 11.8. The molecule has 15 heavy (non-hydrogen) atoms. The Balaban J connectivity index is 2.01. The molecule has 0 bridgehead atoms. The summed E-state index contributed by atoms with van der Waals surface area (Å²) in [4.78, 5) is 0. The minimum atomic E-state index is 0.667. The quantitative estimate of drug-likeness (QED) is 0.587. The van der Waals surface area contributed by atoms with E-state index >= 15 is 0 Å². The third kappa shape index (κ3) is 2.70. The topological polar surface area (TPSA) is 0 Å². The Morgan fingerprint density at radius 1 is 0.867 bits per heavy atom.